The van der Waals surface area contributed by atoms with Crippen LogP contribution in [0, 0.1) is 0 Å². The summed E-state index contributed by atoms with van der Waals surface area (Å²) in [6.07, 6.45) is 8.29. The molecule has 0 fully saturated rings. The van der Waals surface area contributed by atoms with Crippen LogP contribution in [-0.4, -0.2) is 0 Å². The number of hydrogen-bond donors (Lipinski definition) is 0. The van der Waals surface area contributed by atoms with Crippen molar-refractivity contribution in [3.05, 3.63) is 42.7 Å². The van der Waals surface area contributed by atoms with Crippen molar-refractivity contribution >= 4 is 0 Å². The van der Waals surface area contributed by atoms with Crippen LogP contribution in [0.4, 0.5) is 0 Å². The predicted octanol–water partition coefficient (Wildman–Crippen LogP) is -1.45. The Labute approximate surface area is 73.8 Å². The molecule has 0 aliphatic rings. The van der Waals surface area contributed by atoms with Crippen LogP contribution in [0.5, 0.6) is 0 Å². The van der Waals surface area contributed by atoms with Gasteiger partial charge in [-0.1, -0.05) is 12.1 Å². The largest absolute Gasteiger partial charge is 1.00 e. The molecule has 0 aromatic carbocycles. The summed E-state index contributed by atoms with van der Waals surface area (Å²) in [5.41, 5.74) is 0. The van der Waals surface area contributed by atoms with E-state index in [4.69, 9.17) is 0 Å². The first-order valence-electron chi connectivity index (χ1n) is 3.48. The van der Waals surface area contributed by atoms with E-state index in [2.05, 4.69) is 29.1 Å². The number of pyridine rings is 1. The highest BCUT2D eigenvalue weighted by molar-refractivity contribution is 4.84. The summed E-state index contributed by atoms with van der Waals surface area (Å²) in [6.45, 7) is 3.00. The molecule has 0 saturated carbocycles. The summed E-state index contributed by atoms with van der Waals surface area (Å²) in [5, 5.41) is 0. The molecule has 1 aromatic rings. The van der Waals surface area contributed by atoms with Crippen LogP contribution < -0.4 is 17.0 Å². The molecule has 0 atom stereocenters. The van der Waals surface area contributed by atoms with Gasteiger partial charge in [-0.15, -0.1) is 0 Å². The Balaban J connectivity index is 0.000001000. The summed E-state index contributed by atoms with van der Waals surface area (Å²) >= 11 is 0. The molecule has 0 bridgehead atoms. The molecule has 0 aliphatic heterocycles. The molecule has 1 nitrogen and oxygen atoms in total. The van der Waals surface area contributed by atoms with Gasteiger partial charge in [0.25, 0.3) is 0 Å². The lowest BCUT2D eigenvalue weighted by Crippen LogP contribution is -3.00. The SMILES string of the molecule is CC=CC[n+]1ccccc1.[Cl-]. The van der Waals surface area contributed by atoms with Crippen molar-refractivity contribution in [3.8, 4) is 0 Å². The minimum absolute atomic E-state index is 0. The summed E-state index contributed by atoms with van der Waals surface area (Å²) in [7, 11) is 0. The highest BCUT2D eigenvalue weighted by atomic mass is 35.5. The van der Waals surface area contributed by atoms with Gasteiger partial charge in [-0.3, -0.25) is 0 Å². The van der Waals surface area contributed by atoms with Gasteiger partial charge in [0.2, 0.25) is 0 Å². The van der Waals surface area contributed by atoms with Gasteiger partial charge in [-0.2, -0.15) is 0 Å². The fourth-order valence-electron chi connectivity index (χ4n) is 0.783. The van der Waals surface area contributed by atoms with E-state index in [1.54, 1.807) is 0 Å². The third kappa shape index (κ3) is 3.79. The zero-order valence-electron chi connectivity index (χ0n) is 6.57. The molecule has 60 valence electrons. The highest BCUT2D eigenvalue weighted by Gasteiger charge is 1.89. The zero-order valence-corrected chi connectivity index (χ0v) is 7.33. The van der Waals surface area contributed by atoms with Crippen LogP contribution >= 0.6 is 0 Å². The lowest BCUT2D eigenvalue weighted by molar-refractivity contribution is -0.687. The predicted molar refractivity (Wildman–Crippen MR) is 41.5 cm³/mol. The van der Waals surface area contributed by atoms with Gasteiger partial charge in [0.15, 0.2) is 18.9 Å². The van der Waals surface area contributed by atoms with Crippen LogP contribution in [0.25, 0.3) is 0 Å². The van der Waals surface area contributed by atoms with Gasteiger partial charge in [0, 0.05) is 12.1 Å². The molecule has 0 aliphatic carbocycles. The maximum Gasteiger partial charge on any atom is 0.169 e. The van der Waals surface area contributed by atoms with Crippen LogP contribution in [0.3, 0.4) is 0 Å². The Hall–Kier alpha value is -0.820. The second-order valence-corrected chi connectivity index (χ2v) is 2.14. The molecule has 0 saturated heterocycles. The maximum absolute atomic E-state index is 2.12. The molecule has 0 N–H and O–H groups in total. The lowest BCUT2D eigenvalue weighted by atomic mass is 10.4. The average molecular weight is 170 g/mol. The van der Waals surface area contributed by atoms with Crippen molar-refractivity contribution in [3.63, 3.8) is 0 Å². The quantitative estimate of drug-likeness (QED) is 0.377. The van der Waals surface area contributed by atoms with E-state index in [1.165, 1.54) is 0 Å². The van der Waals surface area contributed by atoms with Crippen LogP contribution in [0.15, 0.2) is 42.7 Å². The smallest absolute Gasteiger partial charge is 0.169 e. The van der Waals surface area contributed by atoms with Crippen molar-refractivity contribution in [2.24, 2.45) is 0 Å². The monoisotopic (exact) mass is 169 g/mol. The number of rotatable bonds is 2. The summed E-state index contributed by atoms with van der Waals surface area (Å²) in [5.74, 6) is 0. The molecule has 11 heavy (non-hydrogen) atoms. The Bertz CT molecular complexity index is 206. The second-order valence-electron chi connectivity index (χ2n) is 2.14. The molecule has 2 heteroatoms. The topological polar surface area (TPSA) is 3.88 Å². The Morgan fingerprint density at radius 3 is 2.36 bits per heavy atom. The van der Waals surface area contributed by atoms with Crippen LogP contribution in [-0.2, 0) is 6.54 Å². The molecular formula is C9H12ClN. The standard InChI is InChI=1S/C9H12N.ClH/c1-2-3-7-10-8-5-4-6-9-10;/h2-6,8-9H,7H2,1H3;1H/q+1;/p-1. The zero-order chi connectivity index (χ0) is 7.23. The van der Waals surface area contributed by atoms with Gasteiger partial charge >= 0.3 is 0 Å². The second kappa shape index (κ2) is 5.93. The third-order valence-electron chi connectivity index (χ3n) is 1.33. The Morgan fingerprint density at radius 1 is 1.18 bits per heavy atom. The summed E-state index contributed by atoms with van der Waals surface area (Å²) in [6, 6.07) is 6.08. The molecular weight excluding hydrogens is 158 g/mol. The van der Waals surface area contributed by atoms with Crippen molar-refractivity contribution < 1.29 is 17.0 Å². The van der Waals surface area contributed by atoms with Gasteiger partial charge in [0.1, 0.15) is 0 Å². The number of allylic oxidation sites excluding steroid dienone is 2. The molecule has 1 heterocycles. The fourth-order valence-corrected chi connectivity index (χ4v) is 0.783. The summed E-state index contributed by atoms with van der Waals surface area (Å²) in [4.78, 5) is 0. The normalized spacial score (nSPS) is 9.55. The van der Waals surface area contributed by atoms with Gasteiger partial charge < -0.3 is 12.4 Å². The maximum atomic E-state index is 2.12. The molecule has 0 unspecified atom stereocenters. The molecule has 0 amide bonds. The van der Waals surface area contributed by atoms with Crippen molar-refractivity contribution in [2.45, 2.75) is 13.5 Å². The summed E-state index contributed by atoms with van der Waals surface area (Å²) < 4.78 is 2.12. The first kappa shape index (κ1) is 10.2. The fraction of sp³-hybridized carbons (Fsp3) is 0.222. The average Bonchev–Trinajstić information content (AvgIpc) is 2.03. The van der Waals surface area contributed by atoms with Crippen LogP contribution in [0.2, 0.25) is 0 Å². The van der Waals surface area contributed by atoms with E-state index in [9.17, 15) is 0 Å². The van der Waals surface area contributed by atoms with Gasteiger partial charge in [-0.05, 0) is 13.0 Å². The van der Waals surface area contributed by atoms with E-state index in [0.717, 1.165) is 6.54 Å². The van der Waals surface area contributed by atoms with E-state index in [1.807, 2.05) is 25.1 Å². The van der Waals surface area contributed by atoms with Crippen molar-refractivity contribution in [1.82, 2.24) is 0 Å². The molecule has 0 spiro atoms. The van der Waals surface area contributed by atoms with E-state index >= 15 is 0 Å². The van der Waals surface area contributed by atoms with E-state index < -0.39 is 0 Å². The number of aromatic nitrogens is 1. The Kier molecular flexibility index (Phi) is 5.49. The first-order chi connectivity index (χ1) is 4.93. The number of halogens is 1. The van der Waals surface area contributed by atoms with Gasteiger partial charge in [0.05, 0.1) is 0 Å². The van der Waals surface area contributed by atoms with E-state index in [-0.39, 0.29) is 12.4 Å². The number of nitrogens with zero attached hydrogens (tertiary/aromatic N) is 1. The highest BCUT2D eigenvalue weighted by Crippen LogP contribution is 1.77. The number of hydrogen-bond acceptors (Lipinski definition) is 0. The van der Waals surface area contributed by atoms with Crippen molar-refractivity contribution in [1.29, 1.82) is 0 Å². The van der Waals surface area contributed by atoms with Gasteiger partial charge in [-0.25, -0.2) is 4.57 Å². The van der Waals surface area contributed by atoms with E-state index in [0.29, 0.717) is 0 Å². The molecule has 0 radical (unpaired) electrons. The molecule has 1 aromatic heterocycles. The Morgan fingerprint density at radius 2 is 1.82 bits per heavy atom. The first-order valence-corrected chi connectivity index (χ1v) is 3.48. The minimum atomic E-state index is 0. The van der Waals surface area contributed by atoms with Crippen LogP contribution in [0.1, 0.15) is 6.92 Å². The van der Waals surface area contributed by atoms with Crippen molar-refractivity contribution in [2.75, 3.05) is 0 Å². The third-order valence-corrected chi connectivity index (χ3v) is 1.33. The molecule has 1 rings (SSSR count). The minimum Gasteiger partial charge on any atom is -1.00 e. The lowest BCUT2D eigenvalue weighted by Gasteiger charge is -1.87.